The molecule has 7 nitrogen and oxygen atoms in total. The van der Waals surface area contributed by atoms with E-state index in [1.165, 1.54) is 23.1 Å². The van der Waals surface area contributed by atoms with Crippen LogP contribution in [0.2, 0.25) is 0 Å². The van der Waals surface area contributed by atoms with Crippen LogP contribution in [0.1, 0.15) is 5.56 Å². The van der Waals surface area contributed by atoms with E-state index < -0.39 is 0 Å². The van der Waals surface area contributed by atoms with Gasteiger partial charge in [0.2, 0.25) is 10.9 Å². The second-order valence-electron chi connectivity index (χ2n) is 5.48. The van der Waals surface area contributed by atoms with E-state index in [0.29, 0.717) is 39.0 Å². The molecule has 0 saturated carbocycles. The monoisotopic (exact) mass is 417 g/mol. The lowest BCUT2D eigenvalue weighted by Gasteiger charge is -2.13. The molecule has 0 unspecified atom stereocenters. The number of aromatic nitrogens is 1. The number of thiazole rings is 1. The highest BCUT2D eigenvalue weighted by atomic mass is 32.2. The van der Waals surface area contributed by atoms with Crippen LogP contribution >= 0.6 is 23.1 Å². The predicted molar refractivity (Wildman–Crippen MR) is 113 cm³/mol. The average Bonchev–Trinajstić information content (AvgIpc) is 3.31. The number of thioether (sulfide) groups is 1. The van der Waals surface area contributed by atoms with Crippen molar-refractivity contribution in [1.29, 1.82) is 0 Å². The molecule has 1 aromatic heterocycles. The number of benzene rings is 1. The largest absolute Gasteiger partial charge is 0.493 e. The van der Waals surface area contributed by atoms with Crippen molar-refractivity contribution in [3.8, 4) is 17.2 Å². The summed E-state index contributed by atoms with van der Waals surface area (Å²) in [5, 5.41) is 3.00. The van der Waals surface area contributed by atoms with E-state index in [4.69, 9.17) is 14.2 Å². The summed E-state index contributed by atoms with van der Waals surface area (Å²) in [4.78, 5) is 23.6. The number of methoxy groups -OCH3 is 3. The van der Waals surface area contributed by atoms with Gasteiger partial charge in [-0.15, -0.1) is 17.9 Å². The Hall–Kier alpha value is -2.78. The van der Waals surface area contributed by atoms with Crippen molar-refractivity contribution < 1.29 is 19.0 Å². The smallest absolute Gasteiger partial charge is 0.267 e. The summed E-state index contributed by atoms with van der Waals surface area (Å²) in [6, 6.07) is 3.58. The van der Waals surface area contributed by atoms with Crippen LogP contribution in [0.25, 0.3) is 6.08 Å². The number of hydrogen-bond acceptors (Lipinski definition) is 8. The lowest BCUT2D eigenvalue weighted by Crippen LogP contribution is -2.29. The zero-order valence-electron chi connectivity index (χ0n) is 15.7. The molecule has 9 heteroatoms. The lowest BCUT2D eigenvalue weighted by atomic mass is 10.1. The maximum Gasteiger partial charge on any atom is 0.267 e. The van der Waals surface area contributed by atoms with Crippen LogP contribution in [-0.4, -0.2) is 48.8 Å². The second kappa shape index (κ2) is 8.94. The Morgan fingerprint density at radius 1 is 1.21 bits per heavy atom. The summed E-state index contributed by atoms with van der Waals surface area (Å²) in [6.45, 7) is 4.09. The van der Waals surface area contributed by atoms with Gasteiger partial charge in [0.15, 0.2) is 16.7 Å². The van der Waals surface area contributed by atoms with Crippen LogP contribution in [-0.2, 0) is 4.79 Å². The standard InChI is InChI=1S/C19H19N3O4S2/c1-5-7-22-17(23)15(28-19(22)21-18-20-6-8-27-18)11-12-9-13(24-2)16(26-4)14(10-12)25-3/h5-6,8-11H,1,7H2,2-4H3/b15-11-,21-19+. The molecule has 0 aliphatic carbocycles. The van der Waals surface area contributed by atoms with Crippen molar-refractivity contribution in [2.75, 3.05) is 27.9 Å². The molecule has 28 heavy (non-hydrogen) atoms. The van der Waals surface area contributed by atoms with E-state index in [1.54, 1.807) is 56.7 Å². The fraction of sp³-hybridized carbons (Fsp3) is 0.211. The van der Waals surface area contributed by atoms with Gasteiger partial charge in [-0.2, -0.15) is 4.99 Å². The normalized spacial score (nSPS) is 16.7. The van der Waals surface area contributed by atoms with Crippen molar-refractivity contribution in [3.63, 3.8) is 0 Å². The molecule has 0 N–H and O–H groups in total. The Balaban J connectivity index is 2.00. The topological polar surface area (TPSA) is 73.2 Å². The number of hydrogen-bond donors (Lipinski definition) is 0. The van der Waals surface area contributed by atoms with Gasteiger partial charge >= 0.3 is 0 Å². The third-order valence-electron chi connectivity index (χ3n) is 3.80. The molecule has 2 heterocycles. The molecule has 2 aromatic rings. The highest BCUT2D eigenvalue weighted by molar-refractivity contribution is 8.18. The summed E-state index contributed by atoms with van der Waals surface area (Å²) in [6.07, 6.45) is 5.12. The highest BCUT2D eigenvalue weighted by Gasteiger charge is 2.33. The number of nitrogens with zero attached hydrogens (tertiary/aromatic N) is 3. The molecule has 1 aliphatic heterocycles. The Labute approximate surface area is 171 Å². The number of carbonyl (C=O) groups excluding carboxylic acids is 1. The van der Waals surface area contributed by atoms with E-state index in [9.17, 15) is 4.79 Å². The van der Waals surface area contributed by atoms with Crippen molar-refractivity contribution in [3.05, 3.63) is 46.8 Å². The fourth-order valence-electron chi connectivity index (χ4n) is 2.57. The van der Waals surface area contributed by atoms with Crippen molar-refractivity contribution in [2.45, 2.75) is 0 Å². The van der Waals surface area contributed by atoms with E-state index in [1.807, 2.05) is 5.38 Å². The maximum atomic E-state index is 12.9. The van der Waals surface area contributed by atoms with Crippen LogP contribution in [0.3, 0.4) is 0 Å². The molecule has 0 radical (unpaired) electrons. The van der Waals surface area contributed by atoms with Crippen molar-refractivity contribution in [2.24, 2.45) is 4.99 Å². The summed E-state index contributed by atoms with van der Waals surface area (Å²) >= 11 is 2.70. The summed E-state index contributed by atoms with van der Waals surface area (Å²) in [5.41, 5.74) is 0.749. The Bertz CT molecular complexity index is 914. The Morgan fingerprint density at radius 3 is 2.46 bits per heavy atom. The molecule has 1 aliphatic rings. The van der Waals surface area contributed by atoms with E-state index in [0.717, 1.165) is 5.56 Å². The third kappa shape index (κ3) is 4.05. The molecular formula is C19H19N3O4S2. The van der Waals surface area contributed by atoms with Crippen LogP contribution < -0.4 is 14.2 Å². The number of ether oxygens (including phenoxy) is 3. The van der Waals surface area contributed by atoms with E-state index in [-0.39, 0.29) is 5.91 Å². The average molecular weight is 418 g/mol. The molecule has 146 valence electrons. The molecule has 1 amide bonds. The minimum absolute atomic E-state index is 0.144. The van der Waals surface area contributed by atoms with Gasteiger partial charge in [0.05, 0.1) is 26.2 Å². The van der Waals surface area contributed by atoms with Gasteiger partial charge in [0.25, 0.3) is 5.91 Å². The highest BCUT2D eigenvalue weighted by Crippen LogP contribution is 2.40. The van der Waals surface area contributed by atoms with Crippen molar-refractivity contribution in [1.82, 2.24) is 9.88 Å². The zero-order valence-corrected chi connectivity index (χ0v) is 17.3. The zero-order chi connectivity index (χ0) is 20.1. The minimum atomic E-state index is -0.144. The molecule has 0 atom stereocenters. The third-order valence-corrected chi connectivity index (χ3v) is 5.47. The first-order valence-corrected chi connectivity index (χ1v) is 9.91. The Kier molecular flexibility index (Phi) is 6.37. The lowest BCUT2D eigenvalue weighted by molar-refractivity contribution is -0.121. The van der Waals surface area contributed by atoms with Crippen LogP contribution in [0.5, 0.6) is 17.2 Å². The van der Waals surface area contributed by atoms with Gasteiger partial charge in [-0.1, -0.05) is 6.08 Å². The predicted octanol–water partition coefficient (Wildman–Crippen LogP) is 3.96. The van der Waals surface area contributed by atoms with Crippen LogP contribution in [0, 0.1) is 0 Å². The molecule has 0 spiro atoms. The molecule has 1 fully saturated rings. The molecule has 1 saturated heterocycles. The quantitative estimate of drug-likeness (QED) is 0.502. The fourth-order valence-corrected chi connectivity index (χ4v) is 4.12. The second-order valence-corrected chi connectivity index (χ2v) is 7.36. The molecular weight excluding hydrogens is 398 g/mol. The SMILES string of the molecule is C=CCN1C(=O)/C(=C/c2cc(OC)c(OC)c(OC)c2)S/C1=N/c1nccs1. The minimum Gasteiger partial charge on any atom is -0.493 e. The van der Waals surface area contributed by atoms with Gasteiger partial charge in [0.1, 0.15) is 0 Å². The first kappa shape index (κ1) is 20.0. The number of amides is 1. The van der Waals surface area contributed by atoms with Crippen molar-refractivity contribution >= 4 is 45.4 Å². The van der Waals surface area contributed by atoms with Crippen LogP contribution in [0.15, 0.2) is 46.3 Å². The number of rotatable bonds is 7. The van der Waals surface area contributed by atoms with Gasteiger partial charge in [0, 0.05) is 18.1 Å². The first-order valence-electron chi connectivity index (χ1n) is 8.21. The molecule has 1 aromatic carbocycles. The Morgan fingerprint density at radius 2 is 1.93 bits per heavy atom. The van der Waals surface area contributed by atoms with Crippen LogP contribution in [0.4, 0.5) is 5.13 Å². The van der Waals surface area contributed by atoms with Gasteiger partial charge in [-0.05, 0) is 35.5 Å². The number of aliphatic imine (C=N–C) groups is 1. The summed E-state index contributed by atoms with van der Waals surface area (Å²) in [5.74, 6) is 1.39. The van der Waals surface area contributed by atoms with Gasteiger partial charge < -0.3 is 14.2 Å². The summed E-state index contributed by atoms with van der Waals surface area (Å²) < 4.78 is 16.1. The van der Waals surface area contributed by atoms with E-state index >= 15 is 0 Å². The summed E-state index contributed by atoms with van der Waals surface area (Å²) in [7, 11) is 4.64. The first-order chi connectivity index (χ1) is 13.6. The molecule has 3 rings (SSSR count). The molecule has 0 bridgehead atoms. The number of amidine groups is 1. The van der Waals surface area contributed by atoms with Gasteiger partial charge in [-0.25, -0.2) is 4.98 Å². The maximum absolute atomic E-state index is 12.9. The van der Waals surface area contributed by atoms with E-state index in [2.05, 4.69) is 16.6 Å². The van der Waals surface area contributed by atoms with Gasteiger partial charge in [-0.3, -0.25) is 9.69 Å². The number of carbonyl (C=O) groups is 1.